The molecule has 0 bridgehead atoms. The van der Waals surface area contributed by atoms with Gasteiger partial charge in [-0.2, -0.15) is 0 Å². The molecule has 0 spiro atoms. The summed E-state index contributed by atoms with van der Waals surface area (Å²) >= 11 is 0. The lowest BCUT2D eigenvalue weighted by atomic mass is 10.1. The van der Waals surface area contributed by atoms with Gasteiger partial charge < -0.3 is 19.7 Å². The van der Waals surface area contributed by atoms with Crippen LogP contribution in [0, 0.1) is 0 Å². The summed E-state index contributed by atoms with van der Waals surface area (Å²) in [6.07, 6.45) is 2.20. The zero-order valence-electron chi connectivity index (χ0n) is 16.8. The van der Waals surface area contributed by atoms with Gasteiger partial charge in [-0.15, -0.1) is 0 Å². The quantitative estimate of drug-likeness (QED) is 0.709. The van der Waals surface area contributed by atoms with Crippen LogP contribution < -0.4 is 14.8 Å². The Bertz CT molecular complexity index is 650. The molecule has 1 fully saturated rings. The van der Waals surface area contributed by atoms with Crippen LogP contribution in [0.2, 0.25) is 0 Å². The SMILES string of the molecule is CCCCN(C)C(=O)C[C@@H]1C(=O)NCCN1Cc1ccc(OC)c(OC)c1. The van der Waals surface area contributed by atoms with Gasteiger partial charge in [0.25, 0.3) is 0 Å². The third-order valence-electron chi connectivity index (χ3n) is 4.92. The van der Waals surface area contributed by atoms with Gasteiger partial charge in [0.2, 0.25) is 11.8 Å². The van der Waals surface area contributed by atoms with E-state index in [-0.39, 0.29) is 18.2 Å². The molecule has 1 atom stereocenters. The highest BCUT2D eigenvalue weighted by molar-refractivity contribution is 5.88. The molecule has 150 valence electrons. The van der Waals surface area contributed by atoms with Crippen molar-refractivity contribution in [1.82, 2.24) is 15.1 Å². The molecule has 0 unspecified atom stereocenters. The van der Waals surface area contributed by atoms with E-state index in [4.69, 9.17) is 9.47 Å². The van der Waals surface area contributed by atoms with Crippen molar-refractivity contribution >= 4 is 11.8 Å². The number of methoxy groups -OCH3 is 2. The third kappa shape index (κ3) is 5.60. The van der Waals surface area contributed by atoms with Gasteiger partial charge in [-0.25, -0.2) is 0 Å². The average molecular weight is 377 g/mol. The first-order valence-electron chi connectivity index (χ1n) is 9.46. The predicted molar refractivity (Wildman–Crippen MR) is 104 cm³/mol. The zero-order valence-corrected chi connectivity index (χ0v) is 16.8. The summed E-state index contributed by atoms with van der Waals surface area (Å²) in [6, 6.07) is 5.28. The molecule has 0 aromatic heterocycles. The fraction of sp³-hybridized carbons (Fsp3) is 0.600. The van der Waals surface area contributed by atoms with E-state index in [1.54, 1.807) is 26.2 Å². The molecule has 0 aliphatic carbocycles. The number of amides is 2. The van der Waals surface area contributed by atoms with E-state index in [0.717, 1.165) is 24.9 Å². The second-order valence-electron chi connectivity index (χ2n) is 6.84. The number of benzene rings is 1. The normalized spacial score (nSPS) is 17.3. The average Bonchev–Trinajstić information content (AvgIpc) is 2.68. The maximum absolute atomic E-state index is 12.5. The Balaban J connectivity index is 2.09. The minimum Gasteiger partial charge on any atom is -0.493 e. The molecule has 1 aromatic carbocycles. The zero-order chi connectivity index (χ0) is 19.8. The number of hydrogen-bond acceptors (Lipinski definition) is 5. The Labute approximate surface area is 161 Å². The number of hydrogen-bond donors (Lipinski definition) is 1. The minimum atomic E-state index is -0.455. The first-order valence-corrected chi connectivity index (χ1v) is 9.46. The van der Waals surface area contributed by atoms with Gasteiger partial charge in [0, 0.05) is 33.2 Å². The number of ether oxygens (including phenoxy) is 2. The Hall–Kier alpha value is -2.28. The van der Waals surface area contributed by atoms with E-state index in [9.17, 15) is 9.59 Å². The van der Waals surface area contributed by atoms with Gasteiger partial charge in [0.1, 0.15) is 0 Å². The summed E-state index contributed by atoms with van der Waals surface area (Å²) in [5.41, 5.74) is 1.01. The van der Waals surface area contributed by atoms with Crippen molar-refractivity contribution in [2.75, 3.05) is 40.9 Å². The van der Waals surface area contributed by atoms with Gasteiger partial charge >= 0.3 is 0 Å². The number of carbonyl (C=O) groups is 2. The highest BCUT2D eigenvalue weighted by Gasteiger charge is 2.32. The van der Waals surface area contributed by atoms with Crippen molar-refractivity contribution < 1.29 is 19.1 Å². The molecule has 1 N–H and O–H groups in total. The molecule has 0 saturated carbocycles. The molecule has 7 nitrogen and oxygen atoms in total. The molecule has 2 amide bonds. The molecule has 2 rings (SSSR count). The van der Waals surface area contributed by atoms with Crippen molar-refractivity contribution in [3.05, 3.63) is 23.8 Å². The molecule has 1 aliphatic heterocycles. The van der Waals surface area contributed by atoms with Crippen molar-refractivity contribution in [3.63, 3.8) is 0 Å². The van der Waals surface area contributed by atoms with Gasteiger partial charge in [-0.05, 0) is 24.1 Å². The number of carbonyl (C=O) groups excluding carboxylic acids is 2. The maximum Gasteiger partial charge on any atom is 0.237 e. The summed E-state index contributed by atoms with van der Waals surface area (Å²) in [7, 11) is 5.00. The van der Waals surface area contributed by atoms with Crippen LogP contribution in [-0.4, -0.2) is 68.6 Å². The van der Waals surface area contributed by atoms with Crippen LogP contribution in [-0.2, 0) is 16.1 Å². The molecule has 1 saturated heterocycles. The van der Waals surface area contributed by atoms with Crippen LogP contribution in [0.5, 0.6) is 11.5 Å². The molecule has 1 aromatic rings. The van der Waals surface area contributed by atoms with Crippen LogP contribution in [0.4, 0.5) is 0 Å². The van der Waals surface area contributed by atoms with E-state index in [0.29, 0.717) is 31.1 Å². The first-order chi connectivity index (χ1) is 13.0. The lowest BCUT2D eigenvalue weighted by molar-refractivity contribution is -0.138. The monoisotopic (exact) mass is 377 g/mol. The number of piperazine rings is 1. The van der Waals surface area contributed by atoms with Crippen LogP contribution in [0.3, 0.4) is 0 Å². The third-order valence-corrected chi connectivity index (χ3v) is 4.92. The van der Waals surface area contributed by atoms with E-state index < -0.39 is 6.04 Å². The van der Waals surface area contributed by atoms with Crippen molar-refractivity contribution in [3.8, 4) is 11.5 Å². The van der Waals surface area contributed by atoms with E-state index in [1.807, 2.05) is 18.2 Å². The van der Waals surface area contributed by atoms with Gasteiger partial charge in [0.05, 0.1) is 26.7 Å². The minimum absolute atomic E-state index is 0.00260. The maximum atomic E-state index is 12.5. The van der Waals surface area contributed by atoms with Crippen LogP contribution in [0.15, 0.2) is 18.2 Å². The smallest absolute Gasteiger partial charge is 0.237 e. The Morgan fingerprint density at radius 3 is 2.70 bits per heavy atom. The number of unbranched alkanes of at least 4 members (excludes halogenated alkanes) is 1. The Morgan fingerprint density at radius 2 is 2.04 bits per heavy atom. The number of rotatable bonds is 9. The number of nitrogens with zero attached hydrogens (tertiary/aromatic N) is 2. The molecular weight excluding hydrogens is 346 g/mol. The molecule has 1 aliphatic rings. The van der Waals surface area contributed by atoms with Crippen molar-refractivity contribution in [2.45, 2.75) is 38.8 Å². The summed E-state index contributed by atoms with van der Waals surface area (Å²) in [5.74, 6) is 1.24. The molecule has 27 heavy (non-hydrogen) atoms. The lowest BCUT2D eigenvalue weighted by Gasteiger charge is -2.35. The fourth-order valence-corrected chi connectivity index (χ4v) is 3.23. The fourth-order valence-electron chi connectivity index (χ4n) is 3.23. The first kappa shape index (κ1) is 21.0. The lowest BCUT2D eigenvalue weighted by Crippen LogP contribution is -2.56. The van der Waals surface area contributed by atoms with Crippen LogP contribution >= 0.6 is 0 Å². The summed E-state index contributed by atoms with van der Waals surface area (Å²) in [4.78, 5) is 28.7. The van der Waals surface area contributed by atoms with Crippen molar-refractivity contribution in [2.24, 2.45) is 0 Å². The van der Waals surface area contributed by atoms with E-state index >= 15 is 0 Å². The highest BCUT2D eigenvalue weighted by atomic mass is 16.5. The summed E-state index contributed by atoms with van der Waals surface area (Å²) < 4.78 is 10.6. The largest absolute Gasteiger partial charge is 0.493 e. The van der Waals surface area contributed by atoms with E-state index in [1.165, 1.54) is 0 Å². The van der Waals surface area contributed by atoms with Gasteiger partial charge in [0.15, 0.2) is 11.5 Å². The summed E-state index contributed by atoms with van der Waals surface area (Å²) in [5, 5.41) is 2.88. The molecule has 1 heterocycles. The second-order valence-corrected chi connectivity index (χ2v) is 6.84. The second kappa shape index (κ2) is 10.2. The summed E-state index contributed by atoms with van der Waals surface area (Å²) in [6.45, 7) is 4.68. The van der Waals surface area contributed by atoms with E-state index in [2.05, 4.69) is 17.1 Å². The Kier molecular flexibility index (Phi) is 7.91. The molecule has 0 radical (unpaired) electrons. The van der Waals surface area contributed by atoms with Crippen LogP contribution in [0.1, 0.15) is 31.7 Å². The van der Waals surface area contributed by atoms with Gasteiger partial charge in [-0.3, -0.25) is 14.5 Å². The van der Waals surface area contributed by atoms with Gasteiger partial charge in [-0.1, -0.05) is 19.4 Å². The highest BCUT2D eigenvalue weighted by Crippen LogP contribution is 2.28. The van der Waals surface area contributed by atoms with Crippen LogP contribution in [0.25, 0.3) is 0 Å². The van der Waals surface area contributed by atoms with Crippen molar-refractivity contribution in [1.29, 1.82) is 0 Å². The molecule has 7 heteroatoms. The number of nitrogens with one attached hydrogen (secondary N) is 1. The standard InChI is InChI=1S/C20H31N3O4/c1-5-6-10-22(2)19(24)13-16-20(25)21-9-11-23(16)14-15-7-8-17(26-3)18(12-15)27-4/h7-8,12,16H,5-6,9-11,13-14H2,1-4H3,(H,21,25)/t16-/m1/s1. The predicted octanol–water partition coefficient (Wildman–Crippen LogP) is 1.65. The Morgan fingerprint density at radius 1 is 1.30 bits per heavy atom. The topological polar surface area (TPSA) is 71.1 Å². The molecular formula is C20H31N3O4.